The summed E-state index contributed by atoms with van der Waals surface area (Å²) < 4.78 is 60.8. The van der Waals surface area contributed by atoms with Gasteiger partial charge in [-0.25, -0.2) is 0 Å². The Hall–Kier alpha value is -2.45. The molecule has 0 radical (unpaired) electrons. The number of ether oxygens (including phenoxy) is 10. The van der Waals surface area contributed by atoms with Gasteiger partial charge in [0.15, 0.2) is 16.6 Å². The van der Waals surface area contributed by atoms with Gasteiger partial charge >= 0.3 is 0 Å². The SMILES string of the molecule is C[Si](C)(CCCC(=O)NCCOCCOCCOCCOCCOCCN=[N+]=[N-])O[Si](C)(C)CCCC(=O)NCCOCCOCCOCCOCCOCCN=[N+]=[N-]. The van der Waals surface area contributed by atoms with E-state index in [4.69, 9.17) is 62.5 Å². The van der Waals surface area contributed by atoms with Gasteiger partial charge in [0.1, 0.15) is 0 Å². The molecule has 0 spiro atoms. The van der Waals surface area contributed by atoms with Gasteiger partial charge in [-0.2, -0.15) is 0 Å². The standard InChI is InChI=1S/C36H74N8O13Si2/c1-58(2,33-5-7-35(45)39-9-13-47-17-21-51-25-29-55-31-27-53-23-19-49-15-11-41-43-37)57-59(3,4)34-6-8-36(46)40-10-14-48-18-22-52-26-30-56-32-28-54-24-20-50-16-12-42-44-38/h5-34H2,1-4H3,(H,39,45)(H,40,46). The Morgan fingerprint density at radius 3 is 0.966 bits per heavy atom. The first kappa shape index (κ1) is 56.6. The molecule has 59 heavy (non-hydrogen) atoms. The highest BCUT2D eigenvalue weighted by Gasteiger charge is 2.32. The van der Waals surface area contributed by atoms with Crippen molar-refractivity contribution in [3.63, 3.8) is 0 Å². The second-order valence-corrected chi connectivity index (χ2v) is 22.9. The van der Waals surface area contributed by atoms with E-state index in [1.165, 1.54) is 0 Å². The van der Waals surface area contributed by atoms with E-state index < -0.39 is 16.6 Å². The van der Waals surface area contributed by atoms with Crippen molar-refractivity contribution < 1.29 is 61.1 Å². The Labute approximate surface area is 352 Å². The van der Waals surface area contributed by atoms with E-state index in [-0.39, 0.29) is 11.8 Å². The monoisotopic (exact) mass is 882 g/mol. The van der Waals surface area contributed by atoms with Crippen LogP contribution in [-0.4, -0.2) is 187 Å². The van der Waals surface area contributed by atoms with Crippen LogP contribution in [0.5, 0.6) is 0 Å². The average Bonchev–Trinajstić information content (AvgIpc) is 3.19. The molecular formula is C36H74N8O13Si2. The first-order chi connectivity index (χ1) is 28.6. The lowest BCUT2D eigenvalue weighted by atomic mass is 10.3. The van der Waals surface area contributed by atoms with E-state index in [2.05, 4.69) is 56.9 Å². The molecule has 0 saturated carbocycles. The molecule has 0 aromatic heterocycles. The summed E-state index contributed by atoms with van der Waals surface area (Å²) in [4.78, 5) is 30.0. The summed E-state index contributed by atoms with van der Waals surface area (Å²) in [6, 6.07) is 1.79. The number of hydrogen-bond donors (Lipinski definition) is 2. The second kappa shape index (κ2) is 42.3. The number of nitrogens with one attached hydrogen (secondary N) is 2. The summed E-state index contributed by atoms with van der Waals surface area (Å²) >= 11 is 0. The third-order valence-corrected chi connectivity index (χ3v) is 15.4. The van der Waals surface area contributed by atoms with Crippen molar-refractivity contribution in [3.8, 4) is 0 Å². The number of hydrogen-bond acceptors (Lipinski definition) is 15. The molecule has 0 saturated heterocycles. The van der Waals surface area contributed by atoms with Crippen molar-refractivity contribution in [2.45, 2.75) is 64.0 Å². The number of nitrogens with zero attached hydrogens (tertiary/aromatic N) is 6. The van der Waals surface area contributed by atoms with Gasteiger partial charge in [-0.3, -0.25) is 9.59 Å². The fourth-order valence-electron chi connectivity index (χ4n) is 5.16. The summed E-state index contributed by atoms with van der Waals surface area (Å²) in [5.41, 5.74) is 16.3. The number of carbonyl (C=O) groups excluding carboxylic acids is 2. The second-order valence-electron chi connectivity index (χ2n) is 14.1. The molecular weight excluding hydrogens is 809 g/mol. The summed E-state index contributed by atoms with van der Waals surface area (Å²) in [6.45, 7) is 19.2. The normalized spacial score (nSPS) is 11.6. The van der Waals surface area contributed by atoms with Gasteiger partial charge in [0.05, 0.1) is 132 Å². The summed E-state index contributed by atoms with van der Waals surface area (Å²) in [5.74, 6) is 0.0196. The average molecular weight is 883 g/mol. The van der Waals surface area contributed by atoms with Crippen LogP contribution in [0.4, 0.5) is 0 Å². The Bertz CT molecular complexity index is 1030. The topological polar surface area (TPSA) is 257 Å². The summed E-state index contributed by atoms with van der Waals surface area (Å²) in [6.07, 6.45) is 2.45. The molecule has 0 bridgehead atoms. The van der Waals surface area contributed by atoms with Gasteiger partial charge in [0.25, 0.3) is 0 Å². The lowest BCUT2D eigenvalue weighted by Gasteiger charge is -2.34. The van der Waals surface area contributed by atoms with Crippen LogP contribution in [0.3, 0.4) is 0 Å². The lowest BCUT2D eigenvalue weighted by Crippen LogP contribution is -2.44. The minimum atomic E-state index is -1.96. The van der Waals surface area contributed by atoms with Crippen molar-refractivity contribution in [1.82, 2.24) is 10.6 Å². The van der Waals surface area contributed by atoms with E-state index in [1.54, 1.807) is 0 Å². The molecule has 0 aromatic carbocycles. The van der Waals surface area contributed by atoms with Crippen LogP contribution in [0.1, 0.15) is 25.7 Å². The van der Waals surface area contributed by atoms with Crippen LogP contribution in [-0.2, 0) is 61.1 Å². The molecule has 0 unspecified atom stereocenters. The zero-order valence-corrected chi connectivity index (χ0v) is 38.2. The van der Waals surface area contributed by atoms with E-state index >= 15 is 0 Å². The van der Waals surface area contributed by atoms with Crippen LogP contribution >= 0.6 is 0 Å². The van der Waals surface area contributed by atoms with Gasteiger partial charge in [-0.05, 0) is 62.2 Å². The van der Waals surface area contributed by atoms with Crippen molar-refractivity contribution in [3.05, 3.63) is 20.9 Å². The van der Waals surface area contributed by atoms with E-state index in [0.717, 1.165) is 24.9 Å². The molecule has 0 aliphatic rings. The molecule has 0 aliphatic heterocycles. The maximum absolute atomic E-state index is 12.3. The fraction of sp³-hybridized carbons (Fsp3) is 0.944. The van der Waals surface area contributed by atoms with Crippen LogP contribution in [0, 0.1) is 0 Å². The molecule has 23 heteroatoms. The van der Waals surface area contributed by atoms with E-state index in [1.807, 2.05) is 0 Å². The third-order valence-electron chi connectivity index (χ3n) is 7.83. The highest BCUT2D eigenvalue weighted by Crippen LogP contribution is 2.24. The maximum atomic E-state index is 12.3. The zero-order valence-electron chi connectivity index (χ0n) is 36.2. The zero-order chi connectivity index (χ0) is 43.4. The Morgan fingerprint density at radius 2 is 0.695 bits per heavy atom. The first-order valence-electron chi connectivity index (χ1n) is 20.6. The molecule has 0 rings (SSSR count). The van der Waals surface area contributed by atoms with Gasteiger partial charge < -0.3 is 62.1 Å². The van der Waals surface area contributed by atoms with Crippen molar-refractivity contribution in [1.29, 1.82) is 0 Å². The fourth-order valence-corrected chi connectivity index (χ4v) is 14.0. The summed E-state index contributed by atoms with van der Waals surface area (Å²) in [5, 5.41) is 12.6. The van der Waals surface area contributed by atoms with Gasteiger partial charge in [0, 0.05) is 48.8 Å². The molecule has 0 aliphatic carbocycles. The highest BCUT2D eigenvalue weighted by atomic mass is 28.4. The quantitative estimate of drug-likeness (QED) is 0.0289. The minimum absolute atomic E-state index is 0.00980. The molecule has 0 aromatic rings. The minimum Gasteiger partial charge on any atom is -0.455 e. The van der Waals surface area contributed by atoms with Crippen LogP contribution in [0.15, 0.2) is 10.2 Å². The molecule has 2 N–H and O–H groups in total. The smallest absolute Gasteiger partial charge is 0.220 e. The third kappa shape index (κ3) is 44.9. The maximum Gasteiger partial charge on any atom is 0.220 e. The largest absolute Gasteiger partial charge is 0.455 e. The Kier molecular flexibility index (Phi) is 40.5. The van der Waals surface area contributed by atoms with Crippen LogP contribution in [0.2, 0.25) is 38.3 Å². The molecule has 0 heterocycles. The molecule has 2 amide bonds. The predicted molar refractivity (Wildman–Crippen MR) is 226 cm³/mol. The molecule has 0 atom stereocenters. The molecule has 0 fully saturated rings. The van der Waals surface area contributed by atoms with Crippen LogP contribution < -0.4 is 10.6 Å². The number of rotatable bonds is 46. The van der Waals surface area contributed by atoms with Gasteiger partial charge in [-0.15, -0.1) is 0 Å². The predicted octanol–water partition coefficient (Wildman–Crippen LogP) is 3.99. The molecule has 21 nitrogen and oxygen atoms in total. The van der Waals surface area contributed by atoms with E-state index in [0.29, 0.717) is 171 Å². The van der Waals surface area contributed by atoms with Gasteiger partial charge in [-0.1, -0.05) is 10.2 Å². The first-order valence-corrected chi connectivity index (χ1v) is 26.9. The Balaban J connectivity index is 3.62. The van der Waals surface area contributed by atoms with Gasteiger partial charge in [0.2, 0.25) is 11.8 Å². The van der Waals surface area contributed by atoms with Crippen molar-refractivity contribution >= 4 is 28.4 Å². The number of carbonyl (C=O) groups is 2. The highest BCUT2D eigenvalue weighted by molar-refractivity contribution is 6.84. The van der Waals surface area contributed by atoms with Crippen molar-refractivity contribution in [2.24, 2.45) is 10.2 Å². The summed E-state index contributed by atoms with van der Waals surface area (Å²) in [7, 11) is -3.92. The Morgan fingerprint density at radius 1 is 0.441 bits per heavy atom. The van der Waals surface area contributed by atoms with Crippen LogP contribution in [0.25, 0.3) is 20.9 Å². The number of amides is 2. The number of azide groups is 2. The molecule has 344 valence electrons. The van der Waals surface area contributed by atoms with Crippen molar-refractivity contribution in [2.75, 3.05) is 158 Å². The van der Waals surface area contributed by atoms with E-state index in [9.17, 15) is 9.59 Å². The lowest BCUT2D eigenvalue weighted by molar-refractivity contribution is -0.122.